The van der Waals surface area contributed by atoms with Crippen LogP contribution in [0.4, 0.5) is 0 Å². The summed E-state index contributed by atoms with van der Waals surface area (Å²) in [4.78, 5) is 23.8. The number of nitrogens with zero attached hydrogens (tertiary/aromatic N) is 1. The number of benzene rings is 2. The normalized spacial score (nSPS) is 11.7. The second-order valence-corrected chi connectivity index (χ2v) is 6.28. The fraction of sp³-hybridized carbons (Fsp3) is 0.261. The van der Waals surface area contributed by atoms with Crippen LogP contribution in [0.15, 0.2) is 54.1 Å². The van der Waals surface area contributed by atoms with Crippen LogP contribution in [0, 0.1) is 11.3 Å². The predicted octanol–water partition coefficient (Wildman–Crippen LogP) is 3.42. The van der Waals surface area contributed by atoms with Gasteiger partial charge in [-0.25, -0.2) is 4.79 Å². The molecular formula is C23H24N2O5. The average molecular weight is 408 g/mol. The third kappa shape index (κ3) is 6.38. The average Bonchev–Trinajstić information content (AvgIpc) is 2.77. The van der Waals surface area contributed by atoms with Crippen molar-refractivity contribution in [1.29, 1.82) is 5.26 Å². The van der Waals surface area contributed by atoms with E-state index in [0.29, 0.717) is 23.7 Å². The van der Waals surface area contributed by atoms with Gasteiger partial charge in [0, 0.05) is 0 Å². The minimum Gasteiger partial charge on any atom is -0.490 e. The Bertz CT molecular complexity index is 948. The third-order valence-corrected chi connectivity index (χ3v) is 4.16. The van der Waals surface area contributed by atoms with E-state index in [0.717, 1.165) is 5.56 Å². The number of nitriles is 1. The Morgan fingerprint density at radius 1 is 1.13 bits per heavy atom. The summed E-state index contributed by atoms with van der Waals surface area (Å²) in [5.41, 5.74) is 1.49. The van der Waals surface area contributed by atoms with Crippen molar-refractivity contribution in [3.8, 4) is 17.6 Å². The summed E-state index contributed by atoms with van der Waals surface area (Å²) in [7, 11) is 1.27. The number of amides is 1. The smallest absolute Gasteiger partial charge is 0.343 e. The van der Waals surface area contributed by atoms with E-state index in [1.54, 1.807) is 18.2 Å². The van der Waals surface area contributed by atoms with Crippen molar-refractivity contribution < 1.29 is 23.8 Å². The van der Waals surface area contributed by atoms with E-state index in [1.807, 2.05) is 50.2 Å². The fourth-order valence-electron chi connectivity index (χ4n) is 2.61. The number of hydrogen-bond acceptors (Lipinski definition) is 6. The Hall–Kier alpha value is -3.79. The first-order valence-corrected chi connectivity index (χ1v) is 9.42. The van der Waals surface area contributed by atoms with Gasteiger partial charge in [-0.05, 0) is 43.2 Å². The number of ether oxygens (including phenoxy) is 3. The van der Waals surface area contributed by atoms with Gasteiger partial charge in [-0.3, -0.25) is 4.79 Å². The highest BCUT2D eigenvalue weighted by Crippen LogP contribution is 2.29. The molecule has 0 heterocycles. The van der Waals surface area contributed by atoms with Crippen molar-refractivity contribution in [2.45, 2.75) is 19.9 Å². The van der Waals surface area contributed by atoms with Crippen LogP contribution >= 0.6 is 0 Å². The minimum atomic E-state index is -0.516. The van der Waals surface area contributed by atoms with E-state index in [9.17, 15) is 14.9 Å². The zero-order valence-corrected chi connectivity index (χ0v) is 17.2. The highest BCUT2D eigenvalue weighted by molar-refractivity contribution is 6.01. The molecule has 1 atom stereocenters. The molecule has 0 aliphatic heterocycles. The zero-order chi connectivity index (χ0) is 21.9. The van der Waals surface area contributed by atoms with Gasteiger partial charge in [0.15, 0.2) is 18.1 Å². The zero-order valence-electron chi connectivity index (χ0n) is 17.2. The molecular weight excluding hydrogens is 384 g/mol. The van der Waals surface area contributed by atoms with Gasteiger partial charge in [-0.2, -0.15) is 5.26 Å². The number of rotatable bonds is 9. The first-order chi connectivity index (χ1) is 14.5. The topological polar surface area (TPSA) is 97.6 Å². The molecule has 0 aliphatic rings. The molecule has 7 nitrogen and oxygen atoms in total. The summed E-state index contributed by atoms with van der Waals surface area (Å²) in [6.45, 7) is 3.78. The number of hydrogen-bond donors (Lipinski definition) is 1. The molecule has 0 aromatic heterocycles. The van der Waals surface area contributed by atoms with Gasteiger partial charge in [0.25, 0.3) is 5.91 Å². The van der Waals surface area contributed by atoms with Gasteiger partial charge < -0.3 is 19.5 Å². The van der Waals surface area contributed by atoms with E-state index in [1.165, 1.54) is 13.2 Å². The van der Waals surface area contributed by atoms with Crippen LogP contribution in [0.1, 0.15) is 31.0 Å². The second-order valence-electron chi connectivity index (χ2n) is 6.28. The number of carbonyl (C=O) groups is 2. The lowest BCUT2D eigenvalue weighted by atomic mass is 10.1. The summed E-state index contributed by atoms with van der Waals surface area (Å²) in [6, 6.07) is 16.1. The summed E-state index contributed by atoms with van der Waals surface area (Å²) >= 11 is 0. The van der Waals surface area contributed by atoms with Crippen LogP contribution in [0.5, 0.6) is 11.5 Å². The second kappa shape index (κ2) is 11.3. The number of carbonyl (C=O) groups excluding carboxylic acids is 2. The molecule has 0 aliphatic carbocycles. The summed E-state index contributed by atoms with van der Waals surface area (Å²) < 4.78 is 15.5. The molecule has 156 valence electrons. The van der Waals surface area contributed by atoms with Crippen molar-refractivity contribution in [1.82, 2.24) is 5.32 Å². The molecule has 2 rings (SSSR count). The lowest BCUT2D eigenvalue weighted by molar-refractivity contribution is -0.142. The van der Waals surface area contributed by atoms with E-state index in [-0.39, 0.29) is 18.2 Å². The molecule has 0 unspecified atom stereocenters. The van der Waals surface area contributed by atoms with Crippen LogP contribution < -0.4 is 14.8 Å². The first-order valence-electron chi connectivity index (χ1n) is 9.42. The number of esters is 1. The molecule has 30 heavy (non-hydrogen) atoms. The lowest BCUT2D eigenvalue weighted by Crippen LogP contribution is -2.27. The molecule has 7 heteroatoms. The SMILES string of the molecule is CCOc1cc(/C=C(/C#N)C(=O)N[C@@H](C)c2ccccc2)ccc1OCC(=O)OC. The van der Waals surface area contributed by atoms with Gasteiger partial charge in [0.1, 0.15) is 11.6 Å². The Kier molecular flexibility index (Phi) is 8.45. The molecule has 2 aromatic carbocycles. The van der Waals surface area contributed by atoms with Gasteiger partial charge >= 0.3 is 5.97 Å². The fourth-order valence-corrected chi connectivity index (χ4v) is 2.61. The van der Waals surface area contributed by atoms with Gasteiger partial charge in [0.2, 0.25) is 0 Å². The van der Waals surface area contributed by atoms with Crippen molar-refractivity contribution in [2.24, 2.45) is 0 Å². The summed E-state index contributed by atoms with van der Waals surface area (Å²) in [6.07, 6.45) is 1.47. The molecule has 0 saturated heterocycles. The van der Waals surface area contributed by atoms with Crippen LogP contribution in [-0.4, -0.2) is 32.2 Å². The van der Waals surface area contributed by atoms with Crippen LogP contribution in [-0.2, 0) is 14.3 Å². The molecule has 0 bridgehead atoms. The van der Waals surface area contributed by atoms with Crippen molar-refractivity contribution >= 4 is 18.0 Å². The maximum atomic E-state index is 12.5. The molecule has 0 spiro atoms. The molecule has 0 radical (unpaired) electrons. The van der Waals surface area contributed by atoms with Gasteiger partial charge in [-0.15, -0.1) is 0 Å². The van der Waals surface area contributed by atoms with Crippen LogP contribution in [0.25, 0.3) is 6.08 Å². The Balaban J connectivity index is 2.19. The Labute approximate surface area is 175 Å². The molecule has 1 amide bonds. The molecule has 0 fully saturated rings. The lowest BCUT2D eigenvalue weighted by Gasteiger charge is -2.14. The monoisotopic (exact) mass is 408 g/mol. The maximum absolute atomic E-state index is 12.5. The van der Waals surface area contributed by atoms with Gasteiger partial charge in [-0.1, -0.05) is 36.4 Å². The van der Waals surface area contributed by atoms with Crippen molar-refractivity contribution in [2.75, 3.05) is 20.3 Å². The quantitative estimate of drug-likeness (QED) is 0.388. The van der Waals surface area contributed by atoms with Crippen LogP contribution in [0.3, 0.4) is 0 Å². The first kappa shape index (κ1) is 22.5. The van der Waals surface area contributed by atoms with Crippen molar-refractivity contribution in [3.05, 3.63) is 65.2 Å². The molecule has 2 aromatic rings. The third-order valence-electron chi connectivity index (χ3n) is 4.16. The van der Waals surface area contributed by atoms with Gasteiger partial charge in [0.05, 0.1) is 19.8 Å². The van der Waals surface area contributed by atoms with E-state index in [2.05, 4.69) is 10.1 Å². The van der Waals surface area contributed by atoms with E-state index < -0.39 is 11.9 Å². The summed E-state index contributed by atoms with van der Waals surface area (Å²) in [5.74, 6) is -0.235. The minimum absolute atomic E-state index is 0.0385. The van der Waals surface area contributed by atoms with E-state index in [4.69, 9.17) is 9.47 Å². The predicted molar refractivity (Wildman–Crippen MR) is 112 cm³/mol. The Morgan fingerprint density at radius 2 is 1.87 bits per heavy atom. The summed E-state index contributed by atoms with van der Waals surface area (Å²) in [5, 5.41) is 12.3. The maximum Gasteiger partial charge on any atom is 0.343 e. The van der Waals surface area contributed by atoms with Crippen LogP contribution in [0.2, 0.25) is 0 Å². The molecule has 0 saturated carbocycles. The largest absolute Gasteiger partial charge is 0.490 e. The number of nitrogens with one attached hydrogen (secondary N) is 1. The molecule has 1 N–H and O–H groups in total. The number of methoxy groups -OCH3 is 1. The highest BCUT2D eigenvalue weighted by atomic mass is 16.6. The van der Waals surface area contributed by atoms with Crippen molar-refractivity contribution in [3.63, 3.8) is 0 Å². The highest BCUT2D eigenvalue weighted by Gasteiger charge is 2.15. The Morgan fingerprint density at radius 3 is 2.50 bits per heavy atom. The van der Waals surface area contributed by atoms with E-state index >= 15 is 0 Å². The standard InChI is InChI=1S/C23H24N2O5/c1-4-29-21-13-17(10-11-20(21)30-15-22(26)28-3)12-19(14-24)23(27)25-16(2)18-8-6-5-7-9-18/h5-13,16H,4,15H2,1-3H3,(H,25,27)/b19-12-/t16-/m0/s1.